The van der Waals surface area contributed by atoms with E-state index >= 15 is 0 Å². The van der Waals surface area contributed by atoms with Gasteiger partial charge in [0.1, 0.15) is 0 Å². The second-order valence-electron chi connectivity index (χ2n) is 1.63. The minimum absolute atomic E-state index is 0. The molecule has 0 aliphatic heterocycles. The zero-order chi connectivity index (χ0) is 6.83. The molecule has 58 valence electrons. The summed E-state index contributed by atoms with van der Waals surface area (Å²) in [5, 5.41) is 0. The summed E-state index contributed by atoms with van der Waals surface area (Å²) in [4.78, 5) is 0. The Hall–Kier alpha value is 2.21. The molecule has 0 N–H and O–H groups in total. The van der Waals surface area contributed by atoms with E-state index in [1.807, 2.05) is 0 Å². The van der Waals surface area contributed by atoms with Crippen LogP contribution in [-0.2, 0) is 65.4 Å². The summed E-state index contributed by atoms with van der Waals surface area (Å²) in [6, 6.07) is 0. The molecule has 0 aromatic heterocycles. The Bertz CT molecular complexity index is 15.2. The Balaban J connectivity index is -0.0000000300. The van der Waals surface area contributed by atoms with E-state index in [0.717, 1.165) is 0 Å². The first-order valence-electron chi connectivity index (χ1n) is 3.39. The molecular weight excluding hydrogens is 274 g/mol. The molecule has 0 aliphatic carbocycles. The zero-order valence-corrected chi connectivity index (χ0v) is 13.4. The zero-order valence-electron chi connectivity index (χ0n) is 7.72. The standard InChI is InChI=1S/2C4H9.2Y/c2*1-3-4-2;;/h2*3H,4H2,1-2H3;;/q2*-1;;. The molecule has 2 heteroatoms. The van der Waals surface area contributed by atoms with Crippen molar-refractivity contribution in [3.05, 3.63) is 12.8 Å². The largest absolute Gasteiger partial charge is 0.332 e. The van der Waals surface area contributed by atoms with Gasteiger partial charge in [-0.3, -0.25) is 0 Å². The maximum atomic E-state index is 2.12. The van der Waals surface area contributed by atoms with Crippen LogP contribution in [0.3, 0.4) is 0 Å². The molecule has 0 rings (SSSR count). The van der Waals surface area contributed by atoms with Gasteiger partial charge < -0.3 is 12.8 Å². The van der Waals surface area contributed by atoms with Crippen molar-refractivity contribution in [2.24, 2.45) is 0 Å². The fraction of sp³-hybridized carbons (Fsp3) is 0.750. The Morgan fingerprint density at radius 2 is 0.900 bits per heavy atom. The Morgan fingerprint density at radius 1 is 0.800 bits per heavy atom. The quantitative estimate of drug-likeness (QED) is 0.685. The first-order chi connectivity index (χ1) is 3.83. The molecule has 10 heavy (non-hydrogen) atoms. The van der Waals surface area contributed by atoms with Gasteiger partial charge in [-0.15, -0.1) is 0 Å². The smallest absolute Gasteiger partial charge is 0 e. The average molecular weight is 292 g/mol. The molecule has 0 atom stereocenters. The molecule has 0 aromatic rings. The van der Waals surface area contributed by atoms with Gasteiger partial charge in [0.25, 0.3) is 0 Å². The van der Waals surface area contributed by atoms with Crippen molar-refractivity contribution >= 4 is 0 Å². The normalized spacial score (nSPS) is 6.00. The number of rotatable bonds is 2. The molecule has 0 fully saturated rings. The van der Waals surface area contributed by atoms with Crippen molar-refractivity contribution in [2.45, 2.75) is 40.5 Å². The summed E-state index contributed by atoms with van der Waals surface area (Å²) in [5.74, 6) is 0. The molecule has 0 bridgehead atoms. The van der Waals surface area contributed by atoms with Crippen LogP contribution in [0, 0.1) is 12.8 Å². The molecular formula is C8H18Y2-2. The van der Waals surface area contributed by atoms with Crippen molar-refractivity contribution < 1.29 is 65.4 Å². The van der Waals surface area contributed by atoms with Crippen LogP contribution in [0.4, 0.5) is 0 Å². The van der Waals surface area contributed by atoms with Gasteiger partial charge >= 0.3 is 0 Å². The minimum atomic E-state index is 0. The van der Waals surface area contributed by atoms with Crippen molar-refractivity contribution in [3.8, 4) is 0 Å². The third-order valence-corrected chi connectivity index (χ3v) is 0.816. The van der Waals surface area contributed by atoms with Crippen LogP contribution < -0.4 is 0 Å². The van der Waals surface area contributed by atoms with Crippen LogP contribution in [-0.4, -0.2) is 0 Å². The van der Waals surface area contributed by atoms with Crippen molar-refractivity contribution in [1.82, 2.24) is 0 Å². The van der Waals surface area contributed by atoms with Gasteiger partial charge in [0, 0.05) is 65.4 Å². The number of hydrogen-bond donors (Lipinski definition) is 0. The third-order valence-electron chi connectivity index (χ3n) is 0.816. The summed E-state index contributed by atoms with van der Waals surface area (Å²) in [5.41, 5.74) is 0. The summed E-state index contributed by atoms with van der Waals surface area (Å²) in [6.45, 7) is 8.36. The van der Waals surface area contributed by atoms with Crippen LogP contribution in [0.5, 0.6) is 0 Å². The summed E-state index contributed by atoms with van der Waals surface area (Å²) in [7, 11) is 0. The molecule has 0 aromatic carbocycles. The van der Waals surface area contributed by atoms with Crippen LogP contribution in [0.15, 0.2) is 0 Å². The van der Waals surface area contributed by atoms with Crippen molar-refractivity contribution in [2.75, 3.05) is 0 Å². The minimum Gasteiger partial charge on any atom is -0.332 e. The van der Waals surface area contributed by atoms with E-state index in [2.05, 4.69) is 40.5 Å². The molecule has 0 aliphatic rings. The fourth-order valence-corrected chi connectivity index (χ4v) is 0. The Kier molecular flexibility index (Phi) is 69.0. The molecule has 0 nitrogen and oxygen atoms in total. The molecule has 0 spiro atoms. The van der Waals surface area contributed by atoms with E-state index in [1.165, 1.54) is 12.8 Å². The van der Waals surface area contributed by atoms with Gasteiger partial charge in [-0.05, 0) is 0 Å². The van der Waals surface area contributed by atoms with Gasteiger partial charge in [-0.25, -0.2) is 0 Å². The third kappa shape index (κ3) is 48.9. The maximum Gasteiger partial charge on any atom is 0 e. The molecule has 0 heterocycles. The Morgan fingerprint density at radius 3 is 0.900 bits per heavy atom. The molecule has 0 saturated heterocycles. The van der Waals surface area contributed by atoms with Gasteiger partial charge in [0.15, 0.2) is 0 Å². The van der Waals surface area contributed by atoms with Crippen LogP contribution in [0.2, 0.25) is 0 Å². The first-order valence-corrected chi connectivity index (χ1v) is 3.39. The van der Waals surface area contributed by atoms with Gasteiger partial charge in [0.05, 0.1) is 0 Å². The van der Waals surface area contributed by atoms with Gasteiger partial charge in [-0.1, -0.05) is 13.8 Å². The van der Waals surface area contributed by atoms with Gasteiger partial charge in [-0.2, -0.15) is 26.7 Å². The van der Waals surface area contributed by atoms with Crippen molar-refractivity contribution in [1.29, 1.82) is 0 Å². The van der Waals surface area contributed by atoms with Gasteiger partial charge in [0.2, 0.25) is 0 Å². The molecule has 0 amide bonds. The Labute approximate surface area is 117 Å². The molecule has 0 unspecified atom stereocenters. The van der Waals surface area contributed by atoms with Crippen molar-refractivity contribution in [3.63, 3.8) is 0 Å². The predicted molar refractivity (Wildman–Crippen MR) is 40.5 cm³/mol. The van der Waals surface area contributed by atoms with Crippen LogP contribution in [0.25, 0.3) is 0 Å². The molecule has 0 saturated carbocycles. The van der Waals surface area contributed by atoms with E-state index in [4.69, 9.17) is 0 Å². The summed E-state index contributed by atoms with van der Waals surface area (Å²) >= 11 is 0. The van der Waals surface area contributed by atoms with E-state index in [0.29, 0.717) is 0 Å². The van der Waals surface area contributed by atoms with Crippen LogP contribution in [0.1, 0.15) is 40.5 Å². The molecule has 2 radical (unpaired) electrons. The second kappa shape index (κ2) is 30.3. The van der Waals surface area contributed by atoms with E-state index in [9.17, 15) is 0 Å². The topological polar surface area (TPSA) is 0 Å². The number of hydrogen-bond acceptors (Lipinski definition) is 0. The monoisotopic (exact) mass is 292 g/mol. The van der Waals surface area contributed by atoms with E-state index < -0.39 is 0 Å². The summed E-state index contributed by atoms with van der Waals surface area (Å²) in [6.07, 6.45) is 6.64. The maximum absolute atomic E-state index is 2.12. The van der Waals surface area contributed by atoms with E-state index in [1.54, 1.807) is 0 Å². The van der Waals surface area contributed by atoms with E-state index in [-0.39, 0.29) is 65.4 Å². The fourth-order valence-electron chi connectivity index (χ4n) is 0. The SMILES string of the molecule is C[CH-]CC.C[CH-]CC.[Y].[Y]. The average Bonchev–Trinajstić information content (AvgIpc) is 1.88. The number of unbranched alkanes of at least 4 members (excludes halogenated alkanes) is 2. The predicted octanol–water partition coefficient (Wildman–Crippen LogP) is 3.24. The summed E-state index contributed by atoms with van der Waals surface area (Å²) < 4.78 is 0. The van der Waals surface area contributed by atoms with Crippen LogP contribution >= 0.6 is 0 Å². The second-order valence-corrected chi connectivity index (χ2v) is 1.63. The first kappa shape index (κ1) is 22.8.